The van der Waals surface area contributed by atoms with Crippen LogP contribution in [-0.4, -0.2) is 4.98 Å². The lowest BCUT2D eigenvalue weighted by Gasteiger charge is -2.13. The number of hydrogen-bond acceptors (Lipinski definition) is 1. The molecule has 0 N–H and O–H groups in total. The number of fused-ring (bicyclic) bond motifs is 1. The number of aromatic nitrogens is 1. The second-order valence-electron chi connectivity index (χ2n) is 8.36. The molecule has 0 aliphatic rings. The number of rotatable bonds is 4. The van der Waals surface area contributed by atoms with Gasteiger partial charge in [0.05, 0.1) is 5.56 Å². The Morgan fingerprint density at radius 2 is 1.09 bits per heavy atom. The van der Waals surface area contributed by atoms with Gasteiger partial charge in [0.1, 0.15) is 0 Å². The van der Waals surface area contributed by atoms with E-state index in [1.54, 1.807) is 12.4 Å². The average molecular weight is 454 g/mol. The molecule has 0 saturated heterocycles. The van der Waals surface area contributed by atoms with E-state index >= 15 is 0 Å². The quantitative estimate of drug-likeness (QED) is 0.265. The second kappa shape index (κ2) is 8.79. The van der Waals surface area contributed by atoms with Gasteiger partial charge in [0.15, 0.2) is 0 Å². The first-order valence-electron chi connectivity index (χ1n) is 11.2. The highest BCUT2D eigenvalue weighted by Gasteiger charge is 2.31. The van der Waals surface area contributed by atoms with Crippen molar-refractivity contribution in [1.29, 1.82) is 0 Å². The number of halogens is 3. The third kappa shape index (κ3) is 4.44. The maximum atomic E-state index is 13.4. The van der Waals surface area contributed by atoms with E-state index in [1.807, 2.05) is 43.3 Å². The van der Waals surface area contributed by atoms with Crippen LogP contribution in [-0.2, 0) is 12.6 Å². The molecule has 0 aliphatic carbocycles. The number of alkyl halides is 3. The lowest BCUT2D eigenvalue weighted by Crippen LogP contribution is -2.06. The predicted octanol–water partition coefficient (Wildman–Crippen LogP) is 8.82. The molecule has 0 amide bonds. The minimum Gasteiger partial charge on any atom is -0.265 e. The lowest BCUT2D eigenvalue weighted by atomic mass is 9.94. The van der Waals surface area contributed by atoms with Crippen LogP contribution < -0.4 is 0 Å². The Kier molecular flexibility index (Phi) is 5.66. The van der Waals surface area contributed by atoms with Crippen molar-refractivity contribution in [3.8, 4) is 33.4 Å². The average Bonchev–Trinajstić information content (AvgIpc) is 2.88. The molecular weight excluding hydrogens is 431 g/mol. The molecule has 0 unspecified atom stereocenters. The molecule has 168 valence electrons. The predicted molar refractivity (Wildman–Crippen MR) is 132 cm³/mol. The van der Waals surface area contributed by atoms with Crippen LogP contribution in [0.15, 0.2) is 103 Å². The van der Waals surface area contributed by atoms with Crippen molar-refractivity contribution < 1.29 is 13.2 Å². The Morgan fingerprint density at radius 1 is 0.559 bits per heavy atom. The van der Waals surface area contributed by atoms with E-state index in [0.29, 0.717) is 17.5 Å². The molecule has 4 aromatic carbocycles. The SMILES string of the molecule is CCc1cc(-c2ccc3ccc(-c4ccc(-c5ccncc5)cc4)cc3c2)cc(C(F)(F)F)c1. The van der Waals surface area contributed by atoms with Gasteiger partial charge in [-0.1, -0.05) is 61.5 Å². The van der Waals surface area contributed by atoms with Crippen LogP contribution in [0, 0.1) is 0 Å². The summed E-state index contributed by atoms with van der Waals surface area (Å²) in [6, 6.07) is 28.6. The Labute approximate surface area is 196 Å². The fraction of sp³-hybridized carbons (Fsp3) is 0.100. The normalized spacial score (nSPS) is 11.6. The summed E-state index contributed by atoms with van der Waals surface area (Å²) in [6.45, 7) is 1.87. The molecule has 0 aliphatic heterocycles. The number of nitrogens with zero attached hydrogens (tertiary/aromatic N) is 1. The molecule has 1 nitrogen and oxygen atoms in total. The maximum Gasteiger partial charge on any atom is 0.416 e. The van der Waals surface area contributed by atoms with Gasteiger partial charge in [-0.2, -0.15) is 13.2 Å². The standard InChI is InChI=1S/C30H22F3N/c1-2-20-15-27(19-29(16-20)30(31,32)33)26-10-8-23-7-9-25(17-28(23)18-26)22-5-3-21(4-6-22)24-11-13-34-14-12-24/h3-19H,2H2,1H3. The van der Waals surface area contributed by atoms with Gasteiger partial charge in [-0.25, -0.2) is 0 Å². The molecule has 0 atom stereocenters. The minimum atomic E-state index is -4.37. The van der Waals surface area contributed by atoms with E-state index in [1.165, 1.54) is 12.1 Å². The van der Waals surface area contributed by atoms with Crippen molar-refractivity contribution in [3.05, 3.63) is 115 Å². The van der Waals surface area contributed by atoms with E-state index in [-0.39, 0.29) is 0 Å². The first kappa shape index (κ1) is 21.9. The molecule has 5 rings (SSSR count). The molecule has 0 saturated carbocycles. The highest BCUT2D eigenvalue weighted by Crippen LogP contribution is 2.35. The lowest BCUT2D eigenvalue weighted by molar-refractivity contribution is -0.137. The zero-order chi connectivity index (χ0) is 23.7. The Bertz CT molecular complexity index is 1450. The minimum absolute atomic E-state index is 0.546. The summed E-state index contributed by atoms with van der Waals surface area (Å²) in [7, 11) is 0. The maximum absolute atomic E-state index is 13.4. The summed E-state index contributed by atoms with van der Waals surface area (Å²) in [5, 5.41) is 2.03. The van der Waals surface area contributed by atoms with Crippen LogP contribution in [0.5, 0.6) is 0 Å². The van der Waals surface area contributed by atoms with Gasteiger partial charge in [0.2, 0.25) is 0 Å². The second-order valence-corrected chi connectivity index (χ2v) is 8.36. The molecule has 0 bridgehead atoms. The van der Waals surface area contributed by atoms with Crippen LogP contribution in [0.4, 0.5) is 13.2 Å². The summed E-state index contributed by atoms with van der Waals surface area (Å²) in [6.07, 6.45) is -0.271. The number of hydrogen-bond donors (Lipinski definition) is 0. The van der Waals surface area contributed by atoms with Crippen LogP contribution >= 0.6 is 0 Å². The van der Waals surface area contributed by atoms with Gasteiger partial charge < -0.3 is 0 Å². The molecule has 34 heavy (non-hydrogen) atoms. The van der Waals surface area contributed by atoms with Crippen LogP contribution in [0.1, 0.15) is 18.1 Å². The highest BCUT2D eigenvalue weighted by molar-refractivity contribution is 5.91. The largest absolute Gasteiger partial charge is 0.416 e. The van der Waals surface area contributed by atoms with E-state index in [9.17, 15) is 13.2 Å². The van der Waals surface area contributed by atoms with E-state index in [4.69, 9.17) is 0 Å². The van der Waals surface area contributed by atoms with Crippen molar-refractivity contribution in [2.45, 2.75) is 19.5 Å². The molecule has 0 spiro atoms. The Morgan fingerprint density at radius 3 is 1.68 bits per heavy atom. The number of benzene rings is 4. The van der Waals surface area contributed by atoms with Gasteiger partial charge in [0.25, 0.3) is 0 Å². The van der Waals surface area contributed by atoms with Crippen molar-refractivity contribution >= 4 is 10.8 Å². The Balaban J connectivity index is 1.53. The molecule has 0 radical (unpaired) electrons. The zero-order valence-electron chi connectivity index (χ0n) is 18.6. The molecule has 4 heteroatoms. The molecule has 1 aromatic heterocycles. The molecular formula is C30H22F3N. The van der Waals surface area contributed by atoms with Gasteiger partial charge >= 0.3 is 6.18 Å². The van der Waals surface area contributed by atoms with Gasteiger partial charge in [-0.05, 0) is 92.5 Å². The summed E-state index contributed by atoms with van der Waals surface area (Å²) >= 11 is 0. The first-order valence-corrected chi connectivity index (χ1v) is 11.2. The number of pyridine rings is 1. The number of aryl methyl sites for hydroxylation is 1. The molecule has 5 aromatic rings. The Hall–Kier alpha value is -3.92. The van der Waals surface area contributed by atoms with Gasteiger partial charge in [-0.15, -0.1) is 0 Å². The van der Waals surface area contributed by atoms with Crippen LogP contribution in [0.2, 0.25) is 0 Å². The summed E-state index contributed by atoms with van der Waals surface area (Å²) in [5.41, 5.74) is 5.79. The van der Waals surface area contributed by atoms with E-state index in [0.717, 1.165) is 38.6 Å². The first-order chi connectivity index (χ1) is 16.4. The van der Waals surface area contributed by atoms with Gasteiger partial charge in [0, 0.05) is 12.4 Å². The summed E-state index contributed by atoms with van der Waals surface area (Å²) in [4.78, 5) is 4.06. The fourth-order valence-electron chi connectivity index (χ4n) is 4.23. The third-order valence-corrected chi connectivity index (χ3v) is 6.13. The summed E-state index contributed by atoms with van der Waals surface area (Å²) < 4.78 is 40.3. The van der Waals surface area contributed by atoms with E-state index < -0.39 is 11.7 Å². The fourth-order valence-corrected chi connectivity index (χ4v) is 4.23. The van der Waals surface area contributed by atoms with Crippen molar-refractivity contribution in [1.82, 2.24) is 4.98 Å². The van der Waals surface area contributed by atoms with Crippen molar-refractivity contribution in [2.24, 2.45) is 0 Å². The van der Waals surface area contributed by atoms with Crippen molar-refractivity contribution in [3.63, 3.8) is 0 Å². The zero-order valence-corrected chi connectivity index (χ0v) is 18.6. The van der Waals surface area contributed by atoms with Gasteiger partial charge in [-0.3, -0.25) is 4.98 Å². The third-order valence-electron chi connectivity index (χ3n) is 6.13. The summed E-state index contributed by atoms with van der Waals surface area (Å²) in [5.74, 6) is 0. The van der Waals surface area contributed by atoms with Crippen LogP contribution in [0.3, 0.4) is 0 Å². The van der Waals surface area contributed by atoms with E-state index in [2.05, 4.69) is 47.4 Å². The smallest absolute Gasteiger partial charge is 0.265 e. The molecule has 1 heterocycles. The van der Waals surface area contributed by atoms with Crippen molar-refractivity contribution in [2.75, 3.05) is 0 Å². The topological polar surface area (TPSA) is 12.9 Å². The monoisotopic (exact) mass is 453 g/mol. The highest BCUT2D eigenvalue weighted by atomic mass is 19.4. The molecule has 0 fully saturated rings. The van der Waals surface area contributed by atoms with Crippen LogP contribution in [0.25, 0.3) is 44.2 Å².